The second-order valence-corrected chi connectivity index (χ2v) is 26.3. The first kappa shape index (κ1) is 77.5. The molecular formula is C70H136N2O6P+. The van der Waals surface area contributed by atoms with Gasteiger partial charge in [0.05, 0.1) is 39.9 Å². The van der Waals surface area contributed by atoms with Gasteiger partial charge in [0.2, 0.25) is 5.91 Å². The fraction of sp³-hybridized carbons (Fsp3) is 0.871. The molecule has 8 nitrogen and oxygen atoms in total. The number of amides is 1. The number of rotatable bonds is 64. The smallest absolute Gasteiger partial charge is 0.387 e. The van der Waals surface area contributed by atoms with E-state index in [0.717, 1.165) is 44.9 Å². The molecule has 0 aromatic rings. The summed E-state index contributed by atoms with van der Waals surface area (Å²) in [6.45, 7) is 4.82. The van der Waals surface area contributed by atoms with Gasteiger partial charge in [-0.2, -0.15) is 0 Å². The van der Waals surface area contributed by atoms with E-state index in [1.165, 1.54) is 276 Å². The van der Waals surface area contributed by atoms with E-state index in [4.69, 9.17) is 9.05 Å². The van der Waals surface area contributed by atoms with Crippen molar-refractivity contribution in [2.24, 2.45) is 0 Å². The number of nitrogens with zero attached hydrogens (tertiary/aromatic N) is 1. The molecule has 0 spiro atoms. The first-order valence-corrected chi connectivity index (χ1v) is 36.0. The van der Waals surface area contributed by atoms with Crippen LogP contribution in [0.15, 0.2) is 48.6 Å². The van der Waals surface area contributed by atoms with Crippen LogP contribution in [0.1, 0.15) is 341 Å². The molecule has 0 aliphatic heterocycles. The molecule has 466 valence electrons. The van der Waals surface area contributed by atoms with E-state index in [-0.39, 0.29) is 19.1 Å². The molecule has 3 unspecified atom stereocenters. The van der Waals surface area contributed by atoms with Gasteiger partial charge in [-0.05, 0) is 70.6 Å². The minimum atomic E-state index is -4.36. The SMILES string of the molecule is CCCCCCCCCC/C=C/CC/C=C/CC/C=C/C(O)C(COP(=O)(O)OCC[N+](C)(C)C)NC(=O)CCCCCCCCCCCCCCCCCCC/C=C\CCCCCCCCCCCCCCCCCCCC. The Morgan fingerprint density at radius 1 is 0.418 bits per heavy atom. The molecule has 0 rings (SSSR count). The van der Waals surface area contributed by atoms with Crippen molar-refractivity contribution in [2.75, 3.05) is 40.9 Å². The number of hydrogen-bond donors (Lipinski definition) is 3. The van der Waals surface area contributed by atoms with E-state index in [0.29, 0.717) is 17.4 Å². The van der Waals surface area contributed by atoms with E-state index in [9.17, 15) is 19.4 Å². The number of carbonyl (C=O) groups excluding carboxylic acids is 1. The van der Waals surface area contributed by atoms with Crippen LogP contribution >= 0.6 is 7.82 Å². The number of phosphoric acid groups is 1. The molecule has 0 aromatic heterocycles. The summed E-state index contributed by atoms with van der Waals surface area (Å²) in [4.78, 5) is 23.4. The third kappa shape index (κ3) is 63.9. The zero-order valence-corrected chi connectivity index (χ0v) is 54.3. The van der Waals surface area contributed by atoms with Gasteiger partial charge < -0.3 is 19.8 Å². The Labute approximate surface area is 492 Å². The van der Waals surface area contributed by atoms with Crippen LogP contribution in [-0.4, -0.2) is 73.4 Å². The molecule has 0 fully saturated rings. The van der Waals surface area contributed by atoms with Crippen molar-refractivity contribution in [1.82, 2.24) is 5.32 Å². The Hall–Kier alpha value is -1.54. The lowest BCUT2D eigenvalue weighted by Gasteiger charge is -2.25. The number of carbonyl (C=O) groups is 1. The highest BCUT2D eigenvalue weighted by atomic mass is 31.2. The fourth-order valence-corrected chi connectivity index (χ4v) is 11.1. The van der Waals surface area contributed by atoms with E-state index < -0.39 is 20.0 Å². The highest BCUT2D eigenvalue weighted by Crippen LogP contribution is 2.43. The van der Waals surface area contributed by atoms with Crippen LogP contribution in [0.5, 0.6) is 0 Å². The summed E-state index contributed by atoms with van der Waals surface area (Å²) >= 11 is 0. The average Bonchev–Trinajstić information content (AvgIpc) is 3.42. The van der Waals surface area contributed by atoms with Crippen molar-refractivity contribution in [3.63, 3.8) is 0 Å². The van der Waals surface area contributed by atoms with Gasteiger partial charge in [-0.3, -0.25) is 13.8 Å². The number of quaternary nitrogens is 1. The second-order valence-electron chi connectivity index (χ2n) is 24.9. The van der Waals surface area contributed by atoms with E-state index in [1.54, 1.807) is 6.08 Å². The van der Waals surface area contributed by atoms with Crippen LogP contribution in [0.2, 0.25) is 0 Å². The van der Waals surface area contributed by atoms with E-state index in [1.807, 2.05) is 27.2 Å². The molecule has 0 heterocycles. The monoisotopic (exact) mass is 1130 g/mol. The molecule has 0 aliphatic carbocycles. The molecule has 1 amide bonds. The Kier molecular flexibility index (Phi) is 59.8. The number of aliphatic hydroxyl groups excluding tert-OH is 1. The normalized spacial score (nSPS) is 14.0. The molecule has 0 bridgehead atoms. The maximum absolute atomic E-state index is 13.0. The summed E-state index contributed by atoms with van der Waals surface area (Å²) in [5.74, 6) is -0.186. The van der Waals surface area contributed by atoms with Crippen molar-refractivity contribution in [2.45, 2.75) is 353 Å². The Morgan fingerprint density at radius 3 is 1.01 bits per heavy atom. The fourth-order valence-electron chi connectivity index (χ4n) is 10.4. The van der Waals surface area contributed by atoms with Crippen LogP contribution in [-0.2, 0) is 18.4 Å². The van der Waals surface area contributed by atoms with Crippen LogP contribution in [0.25, 0.3) is 0 Å². The number of nitrogens with one attached hydrogen (secondary N) is 1. The Morgan fingerprint density at radius 2 is 0.696 bits per heavy atom. The Bertz CT molecular complexity index is 1430. The first-order chi connectivity index (χ1) is 38.5. The van der Waals surface area contributed by atoms with Gasteiger partial charge in [0, 0.05) is 6.42 Å². The van der Waals surface area contributed by atoms with Crippen LogP contribution < -0.4 is 5.32 Å². The van der Waals surface area contributed by atoms with Gasteiger partial charge in [-0.25, -0.2) is 4.57 Å². The van der Waals surface area contributed by atoms with Crippen LogP contribution in [0.3, 0.4) is 0 Å². The molecule has 3 N–H and O–H groups in total. The molecule has 79 heavy (non-hydrogen) atoms. The maximum Gasteiger partial charge on any atom is 0.472 e. The minimum absolute atomic E-state index is 0.0540. The van der Waals surface area contributed by atoms with Gasteiger partial charge in [-0.15, -0.1) is 0 Å². The molecule has 0 aliphatic rings. The number of unbranched alkanes of at least 4 members (excludes halogenated alkanes) is 45. The molecule has 3 atom stereocenters. The molecule has 0 saturated heterocycles. The zero-order chi connectivity index (χ0) is 57.7. The van der Waals surface area contributed by atoms with E-state index in [2.05, 4.69) is 55.6 Å². The van der Waals surface area contributed by atoms with Crippen molar-refractivity contribution >= 4 is 13.7 Å². The number of aliphatic hydroxyl groups is 1. The lowest BCUT2D eigenvalue weighted by molar-refractivity contribution is -0.870. The van der Waals surface area contributed by atoms with E-state index >= 15 is 0 Å². The van der Waals surface area contributed by atoms with Gasteiger partial charge in [-0.1, -0.05) is 313 Å². The average molecular weight is 1130 g/mol. The van der Waals surface area contributed by atoms with Crippen molar-refractivity contribution in [3.05, 3.63) is 48.6 Å². The lowest BCUT2D eigenvalue weighted by Crippen LogP contribution is -2.45. The summed E-state index contributed by atoms with van der Waals surface area (Å²) in [5.41, 5.74) is 0. The number of allylic oxidation sites excluding steroid dienone is 7. The summed E-state index contributed by atoms with van der Waals surface area (Å²) in [7, 11) is 1.56. The largest absolute Gasteiger partial charge is 0.472 e. The zero-order valence-electron chi connectivity index (χ0n) is 53.4. The van der Waals surface area contributed by atoms with Crippen molar-refractivity contribution < 1.29 is 32.9 Å². The molecule has 0 radical (unpaired) electrons. The predicted octanol–water partition coefficient (Wildman–Crippen LogP) is 21.8. The topological polar surface area (TPSA) is 105 Å². The van der Waals surface area contributed by atoms with Crippen LogP contribution in [0.4, 0.5) is 0 Å². The highest BCUT2D eigenvalue weighted by molar-refractivity contribution is 7.47. The van der Waals surface area contributed by atoms with Gasteiger partial charge in [0.25, 0.3) is 0 Å². The first-order valence-electron chi connectivity index (χ1n) is 34.5. The molecule has 0 saturated carbocycles. The van der Waals surface area contributed by atoms with Gasteiger partial charge in [0.1, 0.15) is 13.2 Å². The van der Waals surface area contributed by atoms with Crippen molar-refractivity contribution in [3.8, 4) is 0 Å². The van der Waals surface area contributed by atoms with Crippen LogP contribution in [0, 0.1) is 0 Å². The third-order valence-corrected chi connectivity index (χ3v) is 16.7. The number of likely N-dealkylation sites (N-methyl/N-ethyl adjacent to an activating group) is 1. The summed E-state index contributed by atoms with van der Waals surface area (Å²) in [5, 5.41) is 13.9. The summed E-state index contributed by atoms with van der Waals surface area (Å²) in [6.07, 6.45) is 82.8. The lowest BCUT2D eigenvalue weighted by atomic mass is 10.0. The molecule has 0 aromatic carbocycles. The predicted molar refractivity (Wildman–Crippen MR) is 346 cm³/mol. The summed E-state index contributed by atoms with van der Waals surface area (Å²) in [6, 6.07) is -0.870. The van der Waals surface area contributed by atoms with Crippen molar-refractivity contribution in [1.29, 1.82) is 0 Å². The molecular weight excluding hydrogens is 996 g/mol. The summed E-state index contributed by atoms with van der Waals surface area (Å²) < 4.78 is 23.7. The third-order valence-electron chi connectivity index (χ3n) is 15.7. The molecule has 9 heteroatoms. The maximum atomic E-state index is 13.0. The second kappa shape index (κ2) is 61.0. The van der Waals surface area contributed by atoms with Gasteiger partial charge >= 0.3 is 7.82 Å². The minimum Gasteiger partial charge on any atom is -0.387 e. The van der Waals surface area contributed by atoms with Gasteiger partial charge in [0.15, 0.2) is 0 Å². The number of hydrogen-bond acceptors (Lipinski definition) is 5. The highest BCUT2D eigenvalue weighted by Gasteiger charge is 2.28. The number of phosphoric ester groups is 1. The standard InChI is InChI=1S/C70H135N2O6P/c1-6-8-10-12-14-16-18-20-22-24-26-27-28-29-30-31-32-33-34-35-36-37-38-39-40-41-42-43-44-45-46-48-50-52-54-56-58-60-62-64-70(74)71-68(67-78-79(75,76)77-66-65-72(3,4)5)69(73)63-61-59-57-55-53-51-49-47-25-23-21-19-17-15-13-11-9-7-2/h25,35-36,47,53,55,61,63,68-69,73H,6-24,26-34,37-46,48-52,54,56-60,62,64-67H2,1-5H3,(H-,71,74,75,76)/p+1/b36-35-,47-25+,55-53+,63-61+. The Balaban J connectivity index is 3.96. The quantitative estimate of drug-likeness (QED) is 0.0243.